The highest BCUT2D eigenvalue weighted by molar-refractivity contribution is 5.71. The lowest BCUT2D eigenvalue weighted by Crippen LogP contribution is -2.30. The van der Waals surface area contributed by atoms with Gasteiger partial charge in [0.15, 0.2) is 6.10 Å². The summed E-state index contributed by atoms with van der Waals surface area (Å²) in [5, 5.41) is 0. The Kier molecular flexibility index (Phi) is 68.6. The molecule has 0 aromatic carbocycles. The molecule has 1 unspecified atom stereocenters. The van der Waals surface area contributed by atoms with Crippen LogP contribution in [0.25, 0.3) is 0 Å². The second-order valence-corrected chi connectivity index (χ2v) is 24.8. The first kappa shape index (κ1) is 79.4. The summed E-state index contributed by atoms with van der Waals surface area (Å²) in [7, 11) is 0. The van der Waals surface area contributed by atoms with Crippen molar-refractivity contribution in [1.29, 1.82) is 0 Å². The lowest BCUT2D eigenvalue weighted by atomic mass is 10.0. The van der Waals surface area contributed by atoms with Gasteiger partial charge in [0.1, 0.15) is 13.2 Å². The van der Waals surface area contributed by atoms with E-state index >= 15 is 0 Å². The molecule has 0 saturated heterocycles. The van der Waals surface area contributed by atoms with Gasteiger partial charge >= 0.3 is 17.9 Å². The van der Waals surface area contributed by atoms with E-state index < -0.39 is 6.10 Å². The molecule has 480 valence electrons. The number of hydrogen-bond acceptors (Lipinski definition) is 6. The zero-order valence-corrected chi connectivity index (χ0v) is 55.3. The molecule has 0 rings (SSSR count). The van der Waals surface area contributed by atoms with Crippen LogP contribution < -0.4 is 0 Å². The predicted octanol–water partition coefficient (Wildman–Crippen LogP) is 25.3. The Morgan fingerprint density at radius 2 is 0.476 bits per heavy atom. The van der Waals surface area contributed by atoms with Gasteiger partial charge in [0.25, 0.3) is 0 Å². The normalized spacial score (nSPS) is 12.3. The van der Waals surface area contributed by atoms with Gasteiger partial charge in [-0.1, -0.05) is 371 Å². The molecule has 0 saturated carbocycles. The van der Waals surface area contributed by atoms with Crippen LogP contribution in [0.15, 0.2) is 48.6 Å². The summed E-state index contributed by atoms with van der Waals surface area (Å²) in [5.41, 5.74) is 0. The van der Waals surface area contributed by atoms with Crippen LogP contribution in [-0.2, 0) is 28.6 Å². The van der Waals surface area contributed by atoms with Gasteiger partial charge < -0.3 is 14.2 Å². The zero-order chi connectivity index (χ0) is 59.2. The van der Waals surface area contributed by atoms with Gasteiger partial charge in [0.05, 0.1) is 0 Å². The molecule has 6 heteroatoms. The zero-order valence-electron chi connectivity index (χ0n) is 55.3. The van der Waals surface area contributed by atoms with Crippen LogP contribution in [0.2, 0.25) is 0 Å². The van der Waals surface area contributed by atoms with E-state index in [0.717, 1.165) is 83.5 Å². The van der Waals surface area contributed by atoms with Crippen molar-refractivity contribution in [3.05, 3.63) is 48.6 Å². The van der Waals surface area contributed by atoms with E-state index in [0.29, 0.717) is 19.3 Å². The summed E-state index contributed by atoms with van der Waals surface area (Å²) >= 11 is 0. The molecule has 1 atom stereocenters. The smallest absolute Gasteiger partial charge is 0.306 e. The van der Waals surface area contributed by atoms with Crippen molar-refractivity contribution in [3.63, 3.8) is 0 Å². The van der Waals surface area contributed by atoms with E-state index in [-0.39, 0.29) is 31.1 Å². The van der Waals surface area contributed by atoms with E-state index in [1.165, 1.54) is 276 Å². The molecule has 0 fully saturated rings. The third kappa shape index (κ3) is 68.2. The Hall–Kier alpha value is -2.63. The van der Waals surface area contributed by atoms with Gasteiger partial charge in [-0.3, -0.25) is 14.4 Å². The second kappa shape index (κ2) is 70.9. The molecule has 0 heterocycles. The summed E-state index contributed by atoms with van der Waals surface area (Å²) in [6.45, 7) is 6.61. The lowest BCUT2D eigenvalue weighted by Gasteiger charge is -2.18. The number of carbonyl (C=O) groups excluding carboxylic acids is 3. The minimum Gasteiger partial charge on any atom is -0.462 e. The maximum Gasteiger partial charge on any atom is 0.306 e. The molecule has 0 amide bonds. The van der Waals surface area contributed by atoms with Crippen molar-refractivity contribution in [2.24, 2.45) is 0 Å². The number of ether oxygens (including phenoxy) is 3. The van der Waals surface area contributed by atoms with Crippen LogP contribution >= 0.6 is 0 Å². The van der Waals surface area contributed by atoms with Crippen molar-refractivity contribution in [3.8, 4) is 0 Å². The third-order valence-electron chi connectivity index (χ3n) is 16.6. The molecule has 0 aromatic rings. The Bertz CT molecular complexity index is 1410. The molecular weight excluding hydrogens is 1010 g/mol. The fourth-order valence-corrected chi connectivity index (χ4v) is 11.1. The Morgan fingerprint density at radius 3 is 0.744 bits per heavy atom. The van der Waals surface area contributed by atoms with Crippen molar-refractivity contribution < 1.29 is 28.6 Å². The number of esters is 3. The van der Waals surface area contributed by atoms with E-state index in [4.69, 9.17) is 14.2 Å². The molecule has 0 aromatic heterocycles. The number of hydrogen-bond donors (Lipinski definition) is 0. The highest BCUT2D eigenvalue weighted by atomic mass is 16.6. The van der Waals surface area contributed by atoms with Gasteiger partial charge in [0, 0.05) is 19.3 Å². The fourth-order valence-electron chi connectivity index (χ4n) is 11.1. The van der Waals surface area contributed by atoms with Gasteiger partial charge in [-0.15, -0.1) is 0 Å². The average Bonchev–Trinajstić information content (AvgIpc) is 3.47. The molecule has 6 nitrogen and oxygen atoms in total. The minimum absolute atomic E-state index is 0.0666. The number of unbranched alkanes of at least 4 members (excludes halogenated alkanes) is 49. The second-order valence-electron chi connectivity index (χ2n) is 24.8. The van der Waals surface area contributed by atoms with Crippen molar-refractivity contribution >= 4 is 17.9 Å². The first-order valence-electron chi connectivity index (χ1n) is 36.6. The van der Waals surface area contributed by atoms with Crippen LogP contribution in [0.4, 0.5) is 0 Å². The largest absolute Gasteiger partial charge is 0.462 e. The fraction of sp³-hybridized carbons (Fsp3) is 0.855. The molecule has 0 N–H and O–H groups in total. The summed E-state index contributed by atoms with van der Waals surface area (Å²) < 4.78 is 17.0. The topological polar surface area (TPSA) is 78.9 Å². The first-order valence-corrected chi connectivity index (χ1v) is 36.6. The van der Waals surface area contributed by atoms with Crippen LogP contribution in [0.5, 0.6) is 0 Å². The SMILES string of the molecule is CC/C=C\C/C=C\C/C=C\C/C=C\CCCCCCCCCCCCCCC(=O)OCC(COC(=O)CCCCCCCCCCCCCCCCCCC)OC(=O)CCCCCCCCCCCCCCCCCCCCCCCC. The quantitative estimate of drug-likeness (QED) is 0.0261. The minimum atomic E-state index is -0.772. The predicted molar refractivity (Wildman–Crippen MR) is 358 cm³/mol. The first-order chi connectivity index (χ1) is 40.5. The Morgan fingerprint density at radius 1 is 0.256 bits per heavy atom. The maximum absolute atomic E-state index is 13.0. The van der Waals surface area contributed by atoms with Crippen molar-refractivity contribution in [2.75, 3.05) is 13.2 Å². The van der Waals surface area contributed by atoms with Crippen LogP contribution in [0, 0.1) is 0 Å². The number of rotatable bonds is 68. The summed E-state index contributed by atoms with van der Waals surface area (Å²) in [5.74, 6) is -0.835. The van der Waals surface area contributed by atoms with E-state index in [1.54, 1.807) is 0 Å². The van der Waals surface area contributed by atoms with Gasteiger partial charge in [-0.25, -0.2) is 0 Å². The molecule has 0 aliphatic heterocycles. The van der Waals surface area contributed by atoms with Crippen molar-refractivity contribution in [2.45, 2.75) is 406 Å². The van der Waals surface area contributed by atoms with Crippen LogP contribution in [-0.4, -0.2) is 37.2 Å². The monoisotopic (exact) mass is 1150 g/mol. The highest BCUT2D eigenvalue weighted by Gasteiger charge is 2.19. The highest BCUT2D eigenvalue weighted by Crippen LogP contribution is 2.19. The standard InChI is InChI=1S/C76H140O6/c1-4-7-10-13-16-19-22-25-28-31-33-35-37-38-39-41-42-45-48-51-54-57-60-63-66-69-75(78)81-72-73(71-80-74(77)68-65-62-59-56-53-50-47-44-30-27-24-21-18-15-12-9-6-3)82-76(79)70-67-64-61-58-55-52-49-46-43-40-36-34-32-29-26-23-20-17-14-11-8-5-2/h7,10,16,19,25,28,33,35,73H,4-6,8-9,11-15,17-18,20-24,26-27,29-32,34,36-72H2,1-3H3/b10-7-,19-16-,28-25-,35-33-. The average molecular weight is 1150 g/mol. The third-order valence-corrected chi connectivity index (χ3v) is 16.6. The van der Waals surface area contributed by atoms with Gasteiger partial charge in [-0.2, -0.15) is 0 Å². The molecule has 0 aliphatic rings. The molecule has 0 aliphatic carbocycles. The number of carbonyl (C=O) groups is 3. The van der Waals surface area contributed by atoms with E-state index in [9.17, 15) is 14.4 Å². The summed E-state index contributed by atoms with van der Waals surface area (Å²) in [6.07, 6.45) is 90.0. The molecule has 0 radical (unpaired) electrons. The Balaban J connectivity index is 4.29. The Labute approximate surface area is 511 Å². The molecular formula is C76H140O6. The lowest BCUT2D eigenvalue weighted by molar-refractivity contribution is -0.167. The van der Waals surface area contributed by atoms with Crippen LogP contribution in [0.1, 0.15) is 400 Å². The van der Waals surface area contributed by atoms with E-state index in [2.05, 4.69) is 69.4 Å². The number of allylic oxidation sites excluding steroid dienone is 8. The maximum atomic E-state index is 13.0. The molecule has 0 spiro atoms. The summed E-state index contributed by atoms with van der Waals surface area (Å²) in [4.78, 5) is 38.5. The van der Waals surface area contributed by atoms with E-state index in [1.807, 2.05) is 0 Å². The molecule has 0 bridgehead atoms. The van der Waals surface area contributed by atoms with Crippen LogP contribution in [0.3, 0.4) is 0 Å². The summed E-state index contributed by atoms with van der Waals surface area (Å²) in [6, 6.07) is 0. The van der Waals surface area contributed by atoms with Gasteiger partial charge in [-0.05, 0) is 57.8 Å². The van der Waals surface area contributed by atoms with Gasteiger partial charge in [0.2, 0.25) is 0 Å². The molecule has 82 heavy (non-hydrogen) atoms. The van der Waals surface area contributed by atoms with Crippen molar-refractivity contribution in [1.82, 2.24) is 0 Å².